The van der Waals surface area contributed by atoms with Crippen LogP contribution >= 0.6 is 0 Å². The second-order valence-corrected chi connectivity index (χ2v) is 8.46. The molecule has 32 heavy (non-hydrogen) atoms. The van der Waals surface area contributed by atoms with Gasteiger partial charge in [0.1, 0.15) is 5.82 Å². The van der Waals surface area contributed by atoms with E-state index in [1.807, 2.05) is 0 Å². The van der Waals surface area contributed by atoms with Crippen molar-refractivity contribution in [1.29, 1.82) is 0 Å². The summed E-state index contributed by atoms with van der Waals surface area (Å²) < 4.78 is 51.5. The lowest BCUT2D eigenvalue weighted by atomic mass is 9.79. The number of carboxylic acid groups (broad SMARTS) is 1. The maximum atomic E-state index is 14.5. The molecular formula is C22H30F4N2O4. The molecule has 1 aliphatic carbocycles. The molecule has 0 radical (unpaired) electrons. The predicted octanol–water partition coefficient (Wildman–Crippen LogP) is 4.45. The SMILES string of the molecule is CC1CCC([C@H](N)C(=O)Nc2ccc(C3CCOCC3)c(F)c2)CC1.O=C(O)C(F)(F)F. The lowest BCUT2D eigenvalue weighted by molar-refractivity contribution is -0.192. The molecule has 180 valence electrons. The second kappa shape index (κ2) is 11.6. The number of carboxylic acids is 1. The maximum Gasteiger partial charge on any atom is 0.490 e. The van der Waals surface area contributed by atoms with E-state index in [2.05, 4.69) is 12.2 Å². The summed E-state index contributed by atoms with van der Waals surface area (Å²) in [5, 5.41) is 9.92. The van der Waals surface area contributed by atoms with Crippen molar-refractivity contribution in [2.45, 2.75) is 63.6 Å². The van der Waals surface area contributed by atoms with Gasteiger partial charge in [0.15, 0.2) is 0 Å². The van der Waals surface area contributed by atoms with Gasteiger partial charge in [0.25, 0.3) is 0 Å². The van der Waals surface area contributed by atoms with Crippen LogP contribution in [0.4, 0.5) is 23.2 Å². The summed E-state index contributed by atoms with van der Waals surface area (Å²) in [5.74, 6) is -2.08. The number of nitrogens with two attached hydrogens (primary N) is 1. The lowest BCUT2D eigenvalue weighted by Crippen LogP contribution is -2.43. The zero-order chi connectivity index (χ0) is 23.9. The summed E-state index contributed by atoms with van der Waals surface area (Å²) in [6.45, 7) is 3.60. The van der Waals surface area contributed by atoms with Crippen LogP contribution in [0.5, 0.6) is 0 Å². The summed E-state index contributed by atoms with van der Waals surface area (Å²) in [6, 6.07) is 4.46. The highest BCUT2D eigenvalue weighted by Gasteiger charge is 2.38. The number of ether oxygens (including phenoxy) is 1. The molecular weight excluding hydrogens is 432 g/mol. The first-order valence-electron chi connectivity index (χ1n) is 10.7. The van der Waals surface area contributed by atoms with Crippen molar-refractivity contribution in [1.82, 2.24) is 0 Å². The van der Waals surface area contributed by atoms with Crippen molar-refractivity contribution >= 4 is 17.6 Å². The molecule has 0 bridgehead atoms. The first-order chi connectivity index (χ1) is 15.0. The van der Waals surface area contributed by atoms with E-state index in [-0.39, 0.29) is 23.6 Å². The van der Waals surface area contributed by atoms with Gasteiger partial charge in [-0.25, -0.2) is 9.18 Å². The Kier molecular flexibility index (Phi) is 9.45. The normalized spacial score (nSPS) is 22.9. The number of rotatable bonds is 4. The number of amides is 1. The van der Waals surface area contributed by atoms with Gasteiger partial charge in [-0.1, -0.05) is 25.8 Å². The minimum atomic E-state index is -5.08. The van der Waals surface area contributed by atoms with Gasteiger partial charge in [-0.15, -0.1) is 0 Å². The highest BCUT2D eigenvalue weighted by atomic mass is 19.4. The minimum absolute atomic E-state index is 0.199. The van der Waals surface area contributed by atoms with E-state index in [1.165, 1.54) is 6.07 Å². The van der Waals surface area contributed by atoms with Crippen molar-refractivity contribution in [3.05, 3.63) is 29.6 Å². The van der Waals surface area contributed by atoms with Gasteiger partial charge in [-0.2, -0.15) is 13.2 Å². The monoisotopic (exact) mass is 462 g/mol. The predicted molar refractivity (Wildman–Crippen MR) is 111 cm³/mol. The van der Waals surface area contributed by atoms with E-state index in [1.54, 1.807) is 12.1 Å². The molecule has 1 saturated heterocycles. The molecule has 0 spiro atoms. The average molecular weight is 462 g/mol. The minimum Gasteiger partial charge on any atom is -0.475 e. The highest BCUT2D eigenvalue weighted by Crippen LogP contribution is 2.32. The van der Waals surface area contributed by atoms with Crippen LogP contribution in [0.25, 0.3) is 0 Å². The number of alkyl halides is 3. The Balaban J connectivity index is 0.000000451. The molecule has 10 heteroatoms. The van der Waals surface area contributed by atoms with Crippen LogP contribution in [0.1, 0.15) is 56.9 Å². The molecule has 1 aromatic rings. The fourth-order valence-corrected chi connectivity index (χ4v) is 4.03. The van der Waals surface area contributed by atoms with Crippen LogP contribution in [0.3, 0.4) is 0 Å². The molecule has 0 unspecified atom stereocenters. The Morgan fingerprint density at radius 1 is 1.12 bits per heavy atom. The smallest absolute Gasteiger partial charge is 0.475 e. The molecule has 6 nitrogen and oxygen atoms in total. The van der Waals surface area contributed by atoms with Gasteiger partial charge < -0.3 is 20.9 Å². The fraction of sp³-hybridized carbons (Fsp3) is 0.636. The van der Waals surface area contributed by atoms with Crippen molar-refractivity contribution in [3.63, 3.8) is 0 Å². The van der Waals surface area contributed by atoms with Gasteiger partial charge in [-0.3, -0.25) is 4.79 Å². The largest absolute Gasteiger partial charge is 0.490 e. The molecule has 2 aliphatic rings. The summed E-state index contributed by atoms with van der Waals surface area (Å²) >= 11 is 0. The number of aliphatic carboxylic acids is 1. The number of nitrogens with one attached hydrogen (secondary N) is 1. The molecule has 2 fully saturated rings. The molecule has 1 saturated carbocycles. The molecule has 0 aromatic heterocycles. The zero-order valence-electron chi connectivity index (χ0n) is 18.0. The second-order valence-electron chi connectivity index (χ2n) is 8.46. The summed E-state index contributed by atoms with van der Waals surface area (Å²) in [7, 11) is 0. The van der Waals surface area contributed by atoms with Crippen LogP contribution in [-0.4, -0.2) is 42.4 Å². The number of carbonyl (C=O) groups is 2. The maximum absolute atomic E-state index is 14.5. The standard InChI is InChI=1S/C20H29FN2O2.C2HF3O2/c1-13-2-4-15(5-3-13)19(22)20(24)23-16-6-7-17(18(21)12-16)14-8-10-25-11-9-14;3-2(4,5)1(6)7/h6-7,12-15,19H,2-5,8-11,22H2,1H3,(H,23,24);(H,6,7)/t13?,15?,19-;/m0./s1. The Morgan fingerprint density at radius 3 is 2.19 bits per heavy atom. The van der Waals surface area contributed by atoms with Crippen LogP contribution in [-0.2, 0) is 14.3 Å². The number of hydrogen-bond acceptors (Lipinski definition) is 4. The number of carbonyl (C=O) groups excluding carboxylic acids is 1. The Morgan fingerprint density at radius 2 is 1.69 bits per heavy atom. The summed E-state index contributed by atoms with van der Waals surface area (Å²) in [6.07, 6.45) is 0.834. The van der Waals surface area contributed by atoms with Crippen molar-refractivity contribution < 1.29 is 37.0 Å². The number of benzene rings is 1. The average Bonchev–Trinajstić information content (AvgIpc) is 2.74. The third-order valence-electron chi connectivity index (χ3n) is 6.04. The topological polar surface area (TPSA) is 102 Å². The summed E-state index contributed by atoms with van der Waals surface area (Å²) in [5.41, 5.74) is 7.35. The number of halogens is 4. The molecule has 1 amide bonds. The van der Waals surface area contributed by atoms with Crippen LogP contribution in [0.15, 0.2) is 18.2 Å². The molecule has 1 aliphatic heterocycles. The number of hydrogen-bond donors (Lipinski definition) is 3. The van der Waals surface area contributed by atoms with Crippen LogP contribution in [0.2, 0.25) is 0 Å². The van der Waals surface area contributed by atoms with E-state index in [0.717, 1.165) is 44.4 Å². The van der Waals surface area contributed by atoms with Gasteiger partial charge in [0.05, 0.1) is 6.04 Å². The van der Waals surface area contributed by atoms with Gasteiger partial charge >= 0.3 is 12.1 Å². The lowest BCUT2D eigenvalue weighted by Gasteiger charge is -2.29. The fourth-order valence-electron chi connectivity index (χ4n) is 4.03. The van der Waals surface area contributed by atoms with E-state index >= 15 is 0 Å². The third kappa shape index (κ3) is 7.74. The van der Waals surface area contributed by atoms with Gasteiger partial charge in [0, 0.05) is 18.9 Å². The Bertz CT molecular complexity index is 774. The first-order valence-corrected chi connectivity index (χ1v) is 10.7. The van der Waals surface area contributed by atoms with E-state index in [9.17, 15) is 22.4 Å². The third-order valence-corrected chi connectivity index (χ3v) is 6.04. The molecule has 4 N–H and O–H groups in total. The zero-order valence-corrected chi connectivity index (χ0v) is 18.0. The van der Waals surface area contributed by atoms with E-state index in [0.29, 0.717) is 24.5 Å². The van der Waals surface area contributed by atoms with E-state index < -0.39 is 18.2 Å². The molecule has 1 heterocycles. The van der Waals surface area contributed by atoms with E-state index in [4.69, 9.17) is 20.4 Å². The molecule has 1 atom stereocenters. The van der Waals surface area contributed by atoms with Crippen molar-refractivity contribution in [3.8, 4) is 0 Å². The molecule has 3 rings (SSSR count). The van der Waals surface area contributed by atoms with Gasteiger partial charge in [0.2, 0.25) is 5.91 Å². The molecule has 1 aromatic carbocycles. The highest BCUT2D eigenvalue weighted by molar-refractivity contribution is 5.94. The van der Waals surface area contributed by atoms with Crippen LogP contribution in [0, 0.1) is 17.7 Å². The Hall–Kier alpha value is -2.20. The quantitative estimate of drug-likeness (QED) is 0.574. The van der Waals surface area contributed by atoms with Crippen LogP contribution < -0.4 is 11.1 Å². The van der Waals surface area contributed by atoms with Crippen molar-refractivity contribution in [2.24, 2.45) is 17.6 Å². The number of anilines is 1. The Labute approximate surface area is 184 Å². The first kappa shape index (κ1) is 26.1. The van der Waals surface area contributed by atoms with Crippen molar-refractivity contribution in [2.75, 3.05) is 18.5 Å². The summed E-state index contributed by atoms with van der Waals surface area (Å²) in [4.78, 5) is 21.3. The van der Waals surface area contributed by atoms with Gasteiger partial charge in [-0.05, 0) is 61.1 Å².